The largest absolute Gasteiger partial charge is 0.488 e. The van der Waals surface area contributed by atoms with E-state index >= 15 is 0 Å². The van der Waals surface area contributed by atoms with Crippen molar-refractivity contribution < 1.29 is 19.1 Å². The summed E-state index contributed by atoms with van der Waals surface area (Å²) in [6.45, 7) is 6.37. The van der Waals surface area contributed by atoms with Crippen LogP contribution in [-0.4, -0.2) is 63.6 Å². The normalized spacial score (nSPS) is 22.1. The van der Waals surface area contributed by atoms with Gasteiger partial charge in [-0.15, -0.1) is 0 Å². The lowest BCUT2D eigenvalue weighted by Gasteiger charge is -2.23. The molecule has 2 saturated heterocycles. The number of amides is 2. The number of methoxy groups -OCH3 is 1. The third-order valence-electron chi connectivity index (χ3n) is 9.67. The number of aromatic amines is 2. The van der Waals surface area contributed by atoms with Crippen molar-refractivity contribution in [2.45, 2.75) is 45.4 Å². The average Bonchev–Trinajstić information content (AvgIpc) is 3.88. The van der Waals surface area contributed by atoms with E-state index < -0.39 is 6.09 Å². The minimum Gasteiger partial charge on any atom is -0.488 e. The number of aromatic nitrogens is 4. The number of fused-ring (bicyclic) bond motifs is 6. The summed E-state index contributed by atoms with van der Waals surface area (Å²) in [6.07, 6.45) is 3.18. The molecule has 46 heavy (non-hydrogen) atoms. The number of ether oxygens (including phenoxy) is 2. The Kier molecular flexibility index (Phi) is 6.93. The number of carbonyl (C=O) groups is 2. The minimum absolute atomic E-state index is 0.119. The molecule has 5 heterocycles. The van der Waals surface area contributed by atoms with E-state index in [0.717, 1.165) is 86.5 Å². The molecule has 8 rings (SSSR count). The second-order valence-corrected chi connectivity index (χ2v) is 13.0. The number of alkyl carbamates (subject to hydrolysis) is 1. The van der Waals surface area contributed by atoms with E-state index in [1.54, 1.807) is 4.90 Å². The molecule has 0 spiro atoms. The zero-order valence-electron chi connectivity index (χ0n) is 26.1. The van der Waals surface area contributed by atoms with Crippen molar-refractivity contribution in [3.8, 4) is 28.1 Å². The van der Waals surface area contributed by atoms with E-state index in [2.05, 4.69) is 80.6 Å². The Labute approximate surface area is 266 Å². The number of nitrogens with one attached hydrogen (secondary N) is 4. The monoisotopic (exact) mass is 619 g/mol. The fourth-order valence-electron chi connectivity index (χ4n) is 7.31. The number of nitrogens with zero attached hydrogens (tertiary/aromatic N) is 3. The van der Waals surface area contributed by atoms with Crippen molar-refractivity contribution in [1.82, 2.24) is 35.5 Å². The predicted molar refractivity (Wildman–Crippen MR) is 174 cm³/mol. The van der Waals surface area contributed by atoms with Crippen LogP contribution in [0.2, 0.25) is 0 Å². The molecule has 4 N–H and O–H groups in total. The van der Waals surface area contributed by atoms with Gasteiger partial charge in [-0.1, -0.05) is 32.0 Å². The van der Waals surface area contributed by atoms with Gasteiger partial charge in [-0.2, -0.15) is 0 Å². The number of benzene rings is 3. The number of H-pyrrole nitrogens is 2. The molecule has 3 aromatic carbocycles. The second-order valence-electron chi connectivity index (χ2n) is 13.0. The molecule has 0 bridgehead atoms. The summed E-state index contributed by atoms with van der Waals surface area (Å²) < 4.78 is 11.0. The zero-order valence-corrected chi connectivity index (χ0v) is 26.1. The number of hydrogen-bond donors (Lipinski definition) is 4. The molecule has 236 valence electrons. The molecule has 0 unspecified atom stereocenters. The molecule has 4 atom stereocenters. The smallest absolute Gasteiger partial charge is 0.407 e. The van der Waals surface area contributed by atoms with Crippen molar-refractivity contribution in [3.63, 3.8) is 0 Å². The Balaban J connectivity index is 1.09. The van der Waals surface area contributed by atoms with Crippen molar-refractivity contribution in [2.75, 3.05) is 26.7 Å². The standard InChI is InChI=1S/C35H37N7O4/c1-18-8-27(36-13-18)33-37-14-28(40-33)21-4-6-23-22(10-21)17-46-30-12-24-20(11-25(23)30)5-7-26-32(24)41-34(39-26)29-9-19(2)16-42(29)31(43)15-38-35(44)45-3/h4-7,10-12,14,18-19,27,29,36H,8-9,13,15-17H2,1-3H3,(H,37,40)(H,38,44)(H,39,41)/t18-,19-,27-,29-/m0/s1. The number of hydrogen-bond acceptors (Lipinski definition) is 7. The van der Waals surface area contributed by atoms with E-state index in [-0.39, 0.29) is 24.5 Å². The third-order valence-corrected chi connectivity index (χ3v) is 9.67. The first-order chi connectivity index (χ1) is 22.3. The highest BCUT2D eigenvalue weighted by Crippen LogP contribution is 2.43. The molecule has 0 radical (unpaired) electrons. The van der Waals surface area contributed by atoms with Crippen LogP contribution in [0, 0.1) is 11.8 Å². The maximum absolute atomic E-state index is 13.0. The fourth-order valence-corrected chi connectivity index (χ4v) is 7.31. The Morgan fingerprint density at radius 3 is 2.76 bits per heavy atom. The van der Waals surface area contributed by atoms with Crippen LogP contribution in [0.3, 0.4) is 0 Å². The van der Waals surface area contributed by atoms with Crippen LogP contribution < -0.4 is 15.4 Å². The average molecular weight is 620 g/mol. The first-order valence-corrected chi connectivity index (χ1v) is 16.0. The first kappa shape index (κ1) is 28.6. The van der Waals surface area contributed by atoms with E-state index in [1.807, 2.05) is 12.3 Å². The summed E-state index contributed by atoms with van der Waals surface area (Å²) >= 11 is 0. The van der Waals surface area contributed by atoms with Crippen molar-refractivity contribution in [2.24, 2.45) is 11.8 Å². The Morgan fingerprint density at radius 1 is 1.04 bits per heavy atom. The Morgan fingerprint density at radius 2 is 1.93 bits per heavy atom. The first-order valence-electron chi connectivity index (χ1n) is 16.0. The lowest BCUT2D eigenvalue weighted by molar-refractivity contribution is -0.131. The van der Waals surface area contributed by atoms with Crippen molar-refractivity contribution >= 4 is 33.8 Å². The topological polar surface area (TPSA) is 137 Å². The van der Waals surface area contributed by atoms with Crippen LogP contribution in [0.4, 0.5) is 4.79 Å². The maximum Gasteiger partial charge on any atom is 0.407 e. The van der Waals surface area contributed by atoms with Crippen LogP contribution in [0.25, 0.3) is 44.2 Å². The summed E-state index contributed by atoms with van der Waals surface area (Å²) in [5.74, 6) is 3.37. The maximum atomic E-state index is 13.0. The molecule has 11 heteroatoms. The van der Waals surface area contributed by atoms with Crippen molar-refractivity contribution in [1.29, 1.82) is 0 Å². The van der Waals surface area contributed by atoms with Gasteiger partial charge in [-0.25, -0.2) is 14.8 Å². The van der Waals surface area contributed by atoms with Crippen LogP contribution in [0.5, 0.6) is 5.75 Å². The highest BCUT2D eigenvalue weighted by molar-refractivity contribution is 6.07. The summed E-state index contributed by atoms with van der Waals surface area (Å²) in [6, 6.07) is 15.0. The molecule has 0 aliphatic carbocycles. The summed E-state index contributed by atoms with van der Waals surface area (Å²) in [5, 5.41) is 8.12. The Hall–Kier alpha value is -4.90. The van der Waals surface area contributed by atoms with Gasteiger partial charge in [0, 0.05) is 17.5 Å². The molecular formula is C35H37N7O4. The van der Waals surface area contributed by atoms with E-state index in [9.17, 15) is 9.59 Å². The molecule has 3 aliphatic rings. The van der Waals surface area contributed by atoms with Crippen LogP contribution in [-0.2, 0) is 16.1 Å². The number of likely N-dealkylation sites (tertiary alicyclic amines) is 1. The molecule has 2 aromatic heterocycles. The van der Waals surface area contributed by atoms with Gasteiger partial charge in [-0.05, 0) is 77.6 Å². The molecule has 5 aromatic rings. The number of carbonyl (C=O) groups excluding carboxylic acids is 2. The number of rotatable bonds is 5. The second kappa shape index (κ2) is 11.2. The van der Waals surface area contributed by atoms with Gasteiger partial charge in [0.15, 0.2) is 0 Å². The van der Waals surface area contributed by atoms with Crippen LogP contribution in [0.1, 0.15) is 56.0 Å². The van der Waals surface area contributed by atoms with Crippen LogP contribution >= 0.6 is 0 Å². The Bertz CT molecular complexity index is 2000. The molecule has 2 fully saturated rings. The lowest BCUT2D eigenvalue weighted by Crippen LogP contribution is -2.40. The molecule has 3 aliphatic heterocycles. The summed E-state index contributed by atoms with van der Waals surface area (Å²) in [4.78, 5) is 43.1. The fraction of sp³-hybridized carbons (Fsp3) is 0.371. The van der Waals surface area contributed by atoms with E-state index in [1.165, 1.54) is 7.11 Å². The number of imidazole rings is 2. The van der Waals surface area contributed by atoms with E-state index in [4.69, 9.17) is 9.72 Å². The van der Waals surface area contributed by atoms with Crippen molar-refractivity contribution in [3.05, 3.63) is 65.9 Å². The molecule has 2 amide bonds. The third kappa shape index (κ3) is 4.95. The van der Waals surface area contributed by atoms with E-state index in [0.29, 0.717) is 25.0 Å². The molecule has 11 nitrogen and oxygen atoms in total. The van der Waals surface area contributed by atoms with Crippen LogP contribution in [0.15, 0.2) is 48.7 Å². The van der Waals surface area contributed by atoms with Gasteiger partial charge in [0.25, 0.3) is 0 Å². The predicted octanol–water partition coefficient (Wildman–Crippen LogP) is 5.60. The molecule has 0 saturated carbocycles. The molecular weight excluding hydrogens is 582 g/mol. The summed E-state index contributed by atoms with van der Waals surface area (Å²) in [7, 11) is 1.28. The van der Waals surface area contributed by atoms with Gasteiger partial charge in [0.05, 0.1) is 42.1 Å². The van der Waals surface area contributed by atoms with Gasteiger partial charge in [0.2, 0.25) is 5.91 Å². The van der Waals surface area contributed by atoms with Gasteiger partial charge in [0.1, 0.15) is 30.5 Å². The van der Waals surface area contributed by atoms with Gasteiger partial charge in [-0.3, -0.25) is 4.79 Å². The van der Waals surface area contributed by atoms with Gasteiger partial charge < -0.3 is 35.0 Å². The highest BCUT2D eigenvalue weighted by atomic mass is 16.5. The zero-order chi connectivity index (χ0) is 31.5. The lowest BCUT2D eigenvalue weighted by atomic mass is 9.92. The quantitative estimate of drug-likeness (QED) is 0.201. The minimum atomic E-state index is -0.626. The summed E-state index contributed by atoms with van der Waals surface area (Å²) in [5.41, 5.74) is 7.22. The highest BCUT2D eigenvalue weighted by Gasteiger charge is 2.36. The van der Waals surface area contributed by atoms with Gasteiger partial charge >= 0.3 is 6.09 Å². The SMILES string of the molecule is COC(=O)NCC(=O)N1C[C@@H](C)C[C@H]1c1nc2c(ccc3cc4c(cc32)OCc2cc(-c3cnc([C@@H]5C[C@H](C)CN5)[nH]3)ccc2-4)[nH]1.